The van der Waals surface area contributed by atoms with Crippen molar-refractivity contribution in [1.29, 1.82) is 0 Å². The number of hydrogen-bond donors (Lipinski definition) is 2. The van der Waals surface area contributed by atoms with Crippen LogP contribution in [0.3, 0.4) is 0 Å². The van der Waals surface area contributed by atoms with E-state index < -0.39 is 5.91 Å². The second kappa shape index (κ2) is 9.27. The van der Waals surface area contributed by atoms with Crippen LogP contribution in [0.4, 0.5) is 17.3 Å². The number of carbonyl (C=O) groups excluding carboxylic acids is 1. The standard InChI is InChI=1S/C24H17ClN8O2/c1-14-29-31-24(33(14)23-26-11-4-12-27-23)32-30-19-13-15-5-2-3-6-18(15)20(21(19)34)22(35)28-17-9-7-16(25)8-10-17/h2-13,34H,1H3,(H,28,35)/b32-30+. The third kappa shape index (κ3) is 4.42. The van der Waals surface area contributed by atoms with Gasteiger partial charge in [0.15, 0.2) is 5.75 Å². The van der Waals surface area contributed by atoms with Crippen LogP contribution in [-0.2, 0) is 0 Å². The van der Waals surface area contributed by atoms with Crippen LogP contribution >= 0.6 is 11.6 Å². The Morgan fingerprint density at radius 3 is 2.51 bits per heavy atom. The number of carbonyl (C=O) groups is 1. The predicted octanol–water partition coefficient (Wildman–Crippen LogP) is 5.55. The number of aromatic nitrogens is 5. The highest BCUT2D eigenvalue weighted by Crippen LogP contribution is 2.38. The molecule has 0 aliphatic heterocycles. The van der Waals surface area contributed by atoms with Crippen LogP contribution < -0.4 is 5.32 Å². The lowest BCUT2D eigenvalue weighted by molar-refractivity contribution is 0.102. The first kappa shape index (κ1) is 22.1. The van der Waals surface area contributed by atoms with Gasteiger partial charge in [0.1, 0.15) is 11.5 Å². The summed E-state index contributed by atoms with van der Waals surface area (Å²) in [4.78, 5) is 21.6. The quantitative estimate of drug-likeness (QED) is 0.314. The third-order valence-electron chi connectivity index (χ3n) is 5.14. The molecule has 2 N–H and O–H groups in total. The summed E-state index contributed by atoms with van der Waals surface area (Å²) >= 11 is 5.93. The molecule has 10 nitrogen and oxygen atoms in total. The summed E-state index contributed by atoms with van der Waals surface area (Å²) in [6.45, 7) is 1.73. The molecule has 11 heteroatoms. The van der Waals surface area contributed by atoms with Crippen LogP contribution in [0.25, 0.3) is 16.7 Å². The number of aryl methyl sites for hydroxylation is 1. The fourth-order valence-electron chi connectivity index (χ4n) is 3.51. The van der Waals surface area contributed by atoms with Gasteiger partial charge in [0.25, 0.3) is 11.9 Å². The van der Waals surface area contributed by atoms with Gasteiger partial charge in [-0.1, -0.05) is 35.9 Å². The molecule has 2 heterocycles. The van der Waals surface area contributed by atoms with Crippen LogP contribution in [-0.4, -0.2) is 35.7 Å². The van der Waals surface area contributed by atoms with Crippen LogP contribution in [0.5, 0.6) is 5.75 Å². The Morgan fingerprint density at radius 1 is 1.00 bits per heavy atom. The van der Waals surface area contributed by atoms with Gasteiger partial charge in [-0.2, -0.15) is 0 Å². The Balaban J connectivity index is 1.56. The van der Waals surface area contributed by atoms with E-state index in [-0.39, 0.29) is 22.9 Å². The van der Waals surface area contributed by atoms with Gasteiger partial charge in [-0.15, -0.1) is 20.4 Å². The highest BCUT2D eigenvalue weighted by Gasteiger charge is 2.20. The first-order valence-corrected chi connectivity index (χ1v) is 10.8. The molecule has 0 saturated heterocycles. The molecular weight excluding hydrogens is 468 g/mol. The lowest BCUT2D eigenvalue weighted by Gasteiger charge is -2.12. The van der Waals surface area contributed by atoms with Crippen molar-refractivity contribution >= 4 is 45.6 Å². The zero-order chi connectivity index (χ0) is 24.4. The summed E-state index contributed by atoms with van der Waals surface area (Å²) in [6.07, 6.45) is 3.17. The van der Waals surface area contributed by atoms with Crippen molar-refractivity contribution in [3.05, 3.63) is 89.5 Å². The molecule has 2 aromatic heterocycles. The molecule has 0 aliphatic carbocycles. The maximum Gasteiger partial charge on any atom is 0.277 e. The van der Waals surface area contributed by atoms with Crippen molar-refractivity contribution in [2.45, 2.75) is 6.92 Å². The number of amides is 1. The van der Waals surface area contributed by atoms with E-state index in [1.54, 1.807) is 67.8 Å². The molecule has 35 heavy (non-hydrogen) atoms. The van der Waals surface area contributed by atoms with Gasteiger partial charge in [-0.25, -0.2) is 14.5 Å². The van der Waals surface area contributed by atoms with Crippen LogP contribution in [0.1, 0.15) is 16.2 Å². The molecule has 5 aromatic rings. The molecule has 3 aromatic carbocycles. The van der Waals surface area contributed by atoms with Crippen molar-refractivity contribution in [3.63, 3.8) is 0 Å². The van der Waals surface area contributed by atoms with E-state index in [4.69, 9.17) is 11.6 Å². The van der Waals surface area contributed by atoms with Crippen LogP contribution in [0.2, 0.25) is 5.02 Å². The fraction of sp³-hybridized carbons (Fsp3) is 0.0417. The van der Waals surface area contributed by atoms with Gasteiger partial charge in [0, 0.05) is 23.1 Å². The largest absolute Gasteiger partial charge is 0.505 e. The summed E-state index contributed by atoms with van der Waals surface area (Å²) in [7, 11) is 0. The van der Waals surface area contributed by atoms with Crippen molar-refractivity contribution in [3.8, 4) is 11.7 Å². The maximum absolute atomic E-state index is 13.2. The highest BCUT2D eigenvalue weighted by molar-refractivity contribution is 6.30. The van der Waals surface area contributed by atoms with E-state index in [0.717, 1.165) is 0 Å². The Labute approximate surface area is 204 Å². The lowest BCUT2D eigenvalue weighted by Crippen LogP contribution is -2.12. The molecule has 5 rings (SSSR count). The van der Waals surface area contributed by atoms with E-state index in [1.807, 2.05) is 12.1 Å². The first-order valence-electron chi connectivity index (χ1n) is 10.4. The smallest absolute Gasteiger partial charge is 0.277 e. The third-order valence-corrected chi connectivity index (χ3v) is 5.39. The van der Waals surface area contributed by atoms with E-state index in [1.165, 1.54) is 4.57 Å². The number of benzene rings is 3. The summed E-state index contributed by atoms with van der Waals surface area (Å²) in [5.74, 6) is 0.131. The molecule has 1 amide bonds. The van der Waals surface area contributed by atoms with Crippen LogP contribution in [0.15, 0.2) is 83.3 Å². The number of nitrogens with one attached hydrogen (secondary N) is 1. The Morgan fingerprint density at radius 2 is 1.74 bits per heavy atom. The van der Waals surface area contributed by atoms with E-state index >= 15 is 0 Å². The molecular formula is C24H17ClN8O2. The SMILES string of the molecule is Cc1nnc(/N=N/c2cc3ccccc3c(C(=O)Nc3ccc(Cl)cc3)c2O)n1-c1ncccn1. The average Bonchev–Trinajstić information content (AvgIpc) is 3.24. The number of phenolic OH excluding ortho intramolecular Hbond substituents is 1. The van der Waals surface area contributed by atoms with Crippen molar-refractivity contribution in [2.75, 3.05) is 5.32 Å². The number of halogens is 1. The summed E-state index contributed by atoms with van der Waals surface area (Å²) in [5, 5.41) is 32.0. The Hall–Kier alpha value is -4.70. The molecule has 0 atom stereocenters. The number of anilines is 1. The van der Waals surface area contributed by atoms with Crippen LogP contribution in [0, 0.1) is 6.92 Å². The number of aromatic hydroxyl groups is 1. The van der Waals surface area contributed by atoms with Crippen molar-refractivity contribution in [1.82, 2.24) is 24.7 Å². The zero-order valence-corrected chi connectivity index (χ0v) is 19.0. The van der Waals surface area contributed by atoms with E-state index in [9.17, 15) is 9.90 Å². The lowest BCUT2D eigenvalue weighted by atomic mass is 10.0. The van der Waals surface area contributed by atoms with Gasteiger partial charge in [0.2, 0.25) is 5.95 Å². The molecule has 0 radical (unpaired) electrons. The van der Waals surface area contributed by atoms with E-state index in [2.05, 4.69) is 35.7 Å². The number of hydrogen-bond acceptors (Lipinski definition) is 8. The van der Waals surface area contributed by atoms with Gasteiger partial charge >= 0.3 is 0 Å². The molecule has 0 bridgehead atoms. The molecule has 0 fully saturated rings. The number of rotatable bonds is 5. The second-order valence-corrected chi connectivity index (χ2v) is 7.87. The first-order chi connectivity index (χ1) is 17.0. The average molecular weight is 485 g/mol. The molecule has 0 unspecified atom stereocenters. The minimum atomic E-state index is -0.505. The summed E-state index contributed by atoms with van der Waals surface area (Å²) in [6, 6.07) is 17.2. The molecule has 172 valence electrons. The fourth-order valence-corrected chi connectivity index (χ4v) is 3.64. The Bertz CT molecular complexity index is 1570. The van der Waals surface area contributed by atoms with Crippen molar-refractivity contribution in [2.24, 2.45) is 10.2 Å². The molecule has 0 aliphatic rings. The zero-order valence-electron chi connectivity index (χ0n) is 18.3. The van der Waals surface area contributed by atoms with Crippen molar-refractivity contribution < 1.29 is 9.90 Å². The predicted molar refractivity (Wildman–Crippen MR) is 131 cm³/mol. The second-order valence-electron chi connectivity index (χ2n) is 7.43. The summed E-state index contributed by atoms with van der Waals surface area (Å²) in [5.41, 5.74) is 0.684. The van der Waals surface area contributed by atoms with Gasteiger partial charge in [-0.05, 0) is 54.1 Å². The number of azo groups is 1. The Kier molecular flexibility index (Phi) is 5.86. The number of nitrogens with zero attached hydrogens (tertiary/aromatic N) is 7. The highest BCUT2D eigenvalue weighted by atomic mass is 35.5. The normalized spacial score (nSPS) is 11.3. The molecule has 0 spiro atoms. The van der Waals surface area contributed by atoms with Gasteiger partial charge < -0.3 is 10.4 Å². The minimum Gasteiger partial charge on any atom is -0.505 e. The summed E-state index contributed by atoms with van der Waals surface area (Å²) < 4.78 is 1.52. The topological polar surface area (TPSA) is 131 Å². The van der Waals surface area contributed by atoms with E-state index in [0.29, 0.717) is 33.3 Å². The minimum absolute atomic E-state index is 0.0658. The monoisotopic (exact) mass is 484 g/mol. The number of fused-ring (bicyclic) bond motifs is 1. The van der Waals surface area contributed by atoms with Gasteiger partial charge in [0.05, 0.1) is 5.56 Å². The van der Waals surface area contributed by atoms with Gasteiger partial charge in [-0.3, -0.25) is 4.79 Å². The number of phenols is 1. The molecule has 0 saturated carbocycles. The maximum atomic E-state index is 13.2.